The van der Waals surface area contributed by atoms with Crippen LogP contribution in [0.15, 0.2) is 64.7 Å². The van der Waals surface area contributed by atoms with Crippen LogP contribution in [0.3, 0.4) is 0 Å². The molecule has 0 unspecified atom stereocenters. The van der Waals surface area contributed by atoms with Gasteiger partial charge in [0, 0.05) is 17.8 Å². The quantitative estimate of drug-likeness (QED) is 0.511. The third kappa shape index (κ3) is 2.18. The molecule has 5 heteroatoms. The molecule has 3 heterocycles. The minimum atomic E-state index is 0.693. The third-order valence-electron chi connectivity index (χ3n) is 3.29. The van der Waals surface area contributed by atoms with Crippen LogP contribution in [0.25, 0.3) is 27.4 Å². The van der Waals surface area contributed by atoms with Crippen LogP contribution in [-0.4, -0.2) is 14.5 Å². The first-order valence-electron chi connectivity index (χ1n) is 6.46. The molecule has 3 nitrogen and oxygen atoms in total. The molecule has 0 atom stereocenters. The summed E-state index contributed by atoms with van der Waals surface area (Å²) >= 11 is 5.24. The van der Waals surface area contributed by atoms with E-state index in [1.54, 1.807) is 23.7 Å². The van der Waals surface area contributed by atoms with Crippen LogP contribution < -0.4 is 0 Å². The number of benzene rings is 1. The molecule has 0 radical (unpaired) electrons. The van der Waals surface area contributed by atoms with Crippen LogP contribution in [0.2, 0.25) is 0 Å². The lowest BCUT2D eigenvalue weighted by atomic mass is 10.2. The van der Waals surface area contributed by atoms with Crippen molar-refractivity contribution in [2.24, 2.45) is 0 Å². The standard InChI is InChI=1S/C16H10BrN3S/c17-15-7-6-14(21-15)13-10-11-4-1-2-5-12(11)20(13)16-18-8-3-9-19-16/h1-10H. The van der Waals surface area contributed by atoms with Crippen molar-refractivity contribution >= 4 is 38.2 Å². The summed E-state index contributed by atoms with van der Waals surface area (Å²) in [7, 11) is 0. The highest BCUT2D eigenvalue weighted by atomic mass is 79.9. The molecule has 0 aliphatic heterocycles. The van der Waals surface area contributed by atoms with Gasteiger partial charge in [0.15, 0.2) is 0 Å². The number of fused-ring (bicyclic) bond motifs is 1. The van der Waals surface area contributed by atoms with Crippen molar-refractivity contribution in [3.8, 4) is 16.5 Å². The molecule has 1 aromatic carbocycles. The summed E-state index contributed by atoms with van der Waals surface area (Å²) in [6, 6.07) is 16.5. The molecule has 0 bridgehead atoms. The predicted octanol–water partition coefficient (Wildman–Crippen LogP) is 4.91. The van der Waals surface area contributed by atoms with Crippen LogP contribution in [-0.2, 0) is 0 Å². The number of halogens is 1. The first kappa shape index (κ1) is 12.7. The highest BCUT2D eigenvalue weighted by molar-refractivity contribution is 9.11. The summed E-state index contributed by atoms with van der Waals surface area (Å²) in [5.41, 5.74) is 2.22. The summed E-state index contributed by atoms with van der Waals surface area (Å²) in [6.45, 7) is 0. The highest BCUT2D eigenvalue weighted by Crippen LogP contribution is 2.36. The maximum absolute atomic E-state index is 4.41. The normalized spacial score (nSPS) is 11.1. The fourth-order valence-electron chi connectivity index (χ4n) is 2.41. The fourth-order valence-corrected chi connectivity index (χ4v) is 3.80. The lowest BCUT2D eigenvalue weighted by Crippen LogP contribution is -2.01. The van der Waals surface area contributed by atoms with Crippen molar-refractivity contribution in [1.29, 1.82) is 0 Å². The Morgan fingerprint density at radius 1 is 0.952 bits per heavy atom. The van der Waals surface area contributed by atoms with Crippen molar-refractivity contribution in [3.05, 3.63) is 64.7 Å². The number of aromatic nitrogens is 3. The van der Waals surface area contributed by atoms with E-state index in [9.17, 15) is 0 Å². The van der Waals surface area contributed by atoms with Crippen LogP contribution in [0.1, 0.15) is 0 Å². The number of nitrogens with zero attached hydrogens (tertiary/aromatic N) is 3. The number of hydrogen-bond donors (Lipinski definition) is 0. The predicted molar refractivity (Wildman–Crippen MR) is 89.9 cm³/mol. The monoisotopic (exact) mass is 355 g/mol. The maximum Gasteiger partial charge on any atom is 0.234 e. The molecule has 0 saturated heterocycles. The van der Waals surface area contributed by atoms with Crippen LogP contribution in [0.5, 0.6) is 0 Å². The van der Waals surface area contributed by atoms with E-state index in [2.05, 4.69) is 60.8 Å². The van der Waals surface area contributed by atoms with E-state index >= 15 is 0 Å². The van der Waals surface area contributed by atoms with Gasteiger partial charge in [-0.15, -0.1) is 11.3 Å². The molecule has 21 heavy (non-hydrogen) atoms. The minimum absolute atomic E-state index is 0.693. The summed E-state index contributed by atoms with van der Waals surface area (Å²) in [5.74, 6) is 0.693. The van der Waals surface area contributed by atoms with Gasteiger partial charge in [-0.05, 0) is 46.3 Å². The second-order valence-electron chi connectivity index (χ2n) is 4.58. The lowest BCUT2D eigenvalue weighted by molar-refractivity contribution is 0.969. The van der Waals surface area contributed by atoms with Crippen LogP contribution in [0.4, 0.5) is 0 Å². The van der Waals surface area contributed by atoms with Crippen LogP contribution in [0, 0.1) is 0 Å². The molecule has 0 aliphatic rings. The van der Waals surface area contributed by atoms with Crippen molar-refractivity contribution in [1.82, 2.24) is 14.5 Å². The average molecular weight is 356 g/mol. The van der Waals surface area contributed by atoms with E-state index in [1.807, 2.05) is 18.2 Å². The van der Waals surface area contributed by atoms with Crippen molar-refractivity contribution < 1.29 is 0 Å². The Morgan fingerprint density at radius 3 is 2.52 bits per heavy atom. The molecule has 4 rings (SSSR count). The molecule has 0 fully saturated rings. The Bertz CT molecular complexity index is 912. The van der Waals surface area contributed by atoms with Gasteiger partial charge in [-0.2, -0.15) is 0 Å². The molecule has 3 aromatic heterocycles. The number of hydrogen-bond acceptors (Lipinski definition) is 3. The Balaban J connectivity index is 2.06. The zero-order valence-electron chi connectivity index (χ0n) is 10.9. The Morgan fingerprint density at radius 2 is 1.76 bits per heavy atom. The van der Waals surface area contributed by atoms with Crippen molar-refractivity contribution in [2.75, 3.05) is 0 Å². The van der Waals surface area contributed by atoms with Gasteiger partial charge in [-0.3, -0.25) is 4.57 Å². The van der Waals surface area contributed by atoms with E-state index in [1.165, 1.54) is 10.3 Å². The van der Waals surface area contributed by atoms with Gasteiger partial charge in [0.05, 0.1) is 19.9 Å². The van der Waals surface area contributed by atoms with E-state index in [0.717, 1.165) is 15.0 Å². The molecule has 0 N–H and O–H groups in total. The zero-order valence-corrected chi connectivity index (χ0v) is 13.3. The van der Waals surface area contributed by atoms with E-state index < -0.39 is 0 Å². The summed E-state index contributed by atoms with van der Waals surface area (Å²) < 4.78 is 3.22. The minimum Gasteiger partial charge on any atom is -0.277 e. The van der Waals surface area contributed by atoms with Crippen molar-refractivity contribution in [2.45, 2.75) is 0 Å². The first-order valence-corrected chi connectivity index (χ1v) is 8.07. The average Bonchev–Trinajstić information content (AvgIpc) is 3.11. The zero-order chi connectivity index (χ0) is 14.2. The molecule has 0 amide bonds. The van der Waals surface area contributed by atoms with E-state index in [4.69, 9.17) is 0 Å². The van der Waals surface area contributed by atoms with E-state index in [0.29, 0.717) is 5.95 Å². The number of rotatable bonds is 2. The van der Waals surface area contributed by atoms with Crippen LogP contribution >= 0.6 is 27.3 Å². The summed E-state index contributed by atoms with van der Waals surface area (Å²) in [4.78, 5) is 10.0. The molecular formula is C16H10BrN3S. The molecule has 0 saturated carbocycles. The Kier molecular flexibility index (Phi) is 3.09. The van der Waals surface area contributed by atoms with Gasteiger partial charge in [0.25, 0.3) is 0 Å². The second kappa shape index (κ2) is 5.09. The SMILES string of the molecule is Brc1ccc(-c2cc3ccccc3n2-c2ncccn2)s1. The largest absolute Gasteiger partial charge is 0.277 e. The first-order chi connectivity index (χ1) is 10.3. The van der Waals surface area contributed by atoms with Gasteiger partial charge in [0.1, 0.15) is 0 Å². The molecule has 4 aromatic rings. The van der Waals surface area contributed by atoms with E-state index in [-0.39, 0.29) is 0 Å². The summed E-state index contributed by atoms with van der Waals surface area (Å²) in [6.07, 6.45) is 3.54. The lowest BCUT2D eigenvalue weighted by Gasteiger charge is -2.07. The smallest absolute Gasteiger partial charge is 0.234 e. The van der Waals surface area contributed by atoms with Gasteiger partial charge in [-0.1, -0.05) is 18.2 Å². The Labute approximate surface area is 134 Å². The Hall–Kier alpha value is -1.98. The topological polar surface area (TPSA) is 30.7 Å². The van der Waals surface area contributed by atoms with Gasteiger partial charge >= 0.3 is 0 Å². The molecule has 0 spiro atoms. The molecule has 0 aliphatic carbocycles. The molecular weight excluding hydrogens is 346 g/mol. The number of thiophene rings is 1. The summed E-state index contributed by atoms with van der Waals surface area (Å²) in [5, 5.41) is 1.18. The highest BCUT2D eigenvalue weighted by Gasteiger charge is 2.14. The molecule has 102 valence electrons. The fraction of sp³-hybridized carbons (Fsp3) is 0. The second-order valence-corrected chi connectivity index (χ2v) is 7.04. The van der Waals surface area contributed by atoms with Gasteiger partial charge in [-0.25, -0.2) is 9.97 Å². The third-order valence-corrected chi connectivity index (χ3v) is 4.93. The van der Waals surface area contributed by atoms with Crippen molar-refractivity contribution in [3.63, 3.8) is 0 Å². The maximum atomic E-state index is 4.41. The van der Waals surface area contributed by atoms with Gasteiger partial charge < -0.3 is 0 Å². The van der Waals surface area contributed by atoms with Gasteiger partial charge in [0.2, 0.25) is 5.95 Å². The number of para-hydroxylation sites is 1.